The number of nitrogens with one attached hydrogen (secondary N) is 1. The summed E-state index contributed by atoms with van der Waals surface area (Å²) in [6.07, 6.45) is 7.28. The highest BCUT2D eigenvalue weighted by molar-refractivity contribution is 5.91. The zero-order valence-electron chi connectivity index (χ0n) is 19.3. The van der Waals surface area contributed by atoms with Crippen molar-refractivity contribution in [1.82, 2.24) is 9.80 Å². The third kappa shape index (κ3) is 4.85. The van der Waals surface area contributed by atoms with E-state index in [-0.39, 0.29) is 23.3 Å². The Morgan fingerprint density at radius 2 is 1.73 bits per heavy atom. The van der Waals surface area contributed by atoms with Crippen LogP contribution in [0.5, 0.6) is 0 Å². The molecule has 2 fully saturated rings. The van der Waals surface area contributed by atoms with E-state index in [4.69, 9.17) is 0 Å². The molecule has 5 nitrogen and oxygen atoms in total. The Morgan fingerprint density at radius 1 is 1.03 bits per heavy atom. The molecule has 1 unspecified atom stereocenters. The van der Waals surface area contributed by atoms with E-state index in [1.165, 1.54) is 11.3 Å². The molecule has 1 amide bonds. The average molecular weight is 446 g/mol. The number of para-hydroxylation sites is 1. The molecule has 33 heavy (non-hydrogen) atoms. The Bertz CT molecular complexity index is 974. The smallest absolute Gasteiger partial charge is 0.246 e. The first-order valence-electron chi connectivity index (χ1n) is 12.4. The van der Waals surface area contributed by atoms with Crippen molar-refractivity contribution >= 4 is 17.7 Å². The van der Waals surface area contributed by atoms with Crippen LogP contribution in [0, 0.1) is 5.92 Å². The lowest BCUT2D eigenvalue weighted by Gasteiger charge is -2.41. The molecular weight excluding hydrogens is 410 g/mol. The largest absolute Gasteiger partial charge is 0.392 e. The molecule has 3 aliphatic rings. The highest BCUT2D eigenvalue weighted by atomic mass is 16.3. The van der Waals surface area contributed by atoms with E-state index in [0.717, 1.165) is 70.5 Å². The molecule has 5 heteroatoms. The molecule has 0 radical (unpaired) electrons. The van der Waals surface area contributed by atoms with E-state index in [9.17, 15) is 9.90 Å². The van der Waals surface area contributed by atoms with Gasteiger partial charge in [0.2, 0.25) is 5.91 Å². The Morgan fingerprint density at radius 3 is 2.48 bits per heavy atom. The number of fused-ring (bicyclic) bond motifs is 2. The molecule has 0 bridgehead atoms. The lowest BCUT2D eigenvalue weighted by molar-refractivity contribution is -0.128. The maximum Gasteiger partial charge on any atom is 0.246 e. The first-order chi connectivity index (χ1) is 16.1. The van der Waals surface area contributed by atoms with Gasteiger partial charge >= 0.3 is 0 Å². The Hall–Kier alpha value is -2.63. The predicted molar refractivity (Wildman–Crippen MR) is 133 cm³/mol. The van der Waals surface area contributed by atoms with E-state index in [1.54, 1.807) is 6.08 Å². The molecule has 2 saturated heterocycles. The van der Waals surface area contributed by atoms with Gasteiger partial charge in [0.1, 0.15) is 0 Å². The number of benzene rings is 2. The van der Waals surface area contributed by atoms with Crippen LogP contribution in [-0.4, -0.2) is 66.2 Å². The standard InChI is InChI=1S/C28H35N3O2/c32-26(20-30-18-14-28(15-19-30)21-29-25-9-5-4-8-24(25)28)23-12-16-31(17-13-23)27(33)11-10-22-6-2-1-3-7-22/h1-11,23,26,29,32H,12-21H2/b11-10+. The summed E-state index contributed by atoms with van der Waals surface area (Å²) in [5.41, 5.74) is 4.07. The number of hydrogen-bond donors (Lipinski definition) is 2. The van der Waals surface area contributed by atoms with Crippen LogP contribution in [0.25, 0.3) is 6.08 Å². The topological polar surface area (TPSA) is 55.8 Å². The van der Waals surface area contributed by atoms with Crippen LogP contribution in [0.2, 0.25) is 0 Å². The van der Waals surface area contributed by atoms with Crippen LogP contribution in [0.1, 0.15) is 36.8 Å². The summed E-state index contributed by atoms with van der Waals surface area (Å²) >= 11 is 0. The van der Waals surface area contributed by atoms with Crippen molar-refractivity contribution in [2.45, 2.75) is 37.2 Å². The Labute approximate surface area is 197 Å². The van der Waals surface area contributed by atoms with Crippen molar-refractivity contribution in [3.05, 3.63) is 71.8 Å². The quantitative estimate of drug-likeness (QED) is 0.688. The SMILES string of the molecule is O=C(/C=C/c1ccccc1)N1CCC(C(O)CN2CCC3(CC2)CNc2ccccc23)CC1. The van der Waals surface area contributed by atoms with Crippen LogP contribution in [0.3, 0.4) is 0 Å². The van der Waals surface area contributed by atoms with Crippen LogP contribution < -0.4 is 5.32 Å². The fraction of sp³-hybridized carbons (Fsp3) is 0.464. The van der Waals surface area contributed by atoms with Gasteiger partial charge in [-0.2, -0.15) is 0 Å². The van der Waals surface area contributed by atoms with Gasteiger partial charge in [-0.15, -0.1) is 0 Å². The van der Waals surface area contributed by atoms with Crippen molar-refractivity contribution in [2.24, 2.45) is 5.92 Å². The van der Waals surface area contributed by atoms with Crippen LogP contribution in [0.15, 0.2) is 60.7 Å². The number of likely N-dealkylation sites (tertiary alicyclic amines) is 2. The van der Waals surface area contributed by atoms with Gasteiger partial charge in [-0.3, -0.25) is 4.79 Å². The van der Waals surface area contributed by atoms with E-state index < -0.39 is 0 Å². The van der Waals surface area contributed by atoms with Gasteiger partial charge < -0.3 is 20.2 Å². The lowest BCUT2D eigenvalue weighted by Crippen LogP contribution is -2.48. The first kappa shape index (κ1) is 22.2. The number of aliphatic hydroxyl groups excluding tert-OH is 1. The first-order valence-corrected chi connectivity index (χ1v) is 12.4. The number of piperidine rings is 2. The highest BCUT2D eigenvalue weighted by Crippen LogP contribution is 2.43. The molecule has 0 aromatic heterocycles. The number of aliphatic hydroxyl groups is 1. The van der Waals surface area contributed by atoms with Gasteiger partial charge in [0, 0.05) is 43.4 Å². The number of carbonyl (C=O) groups excluding carboxylic acids is 1. The minimum Gasteiger partial charge on any atom is -0.392 e. The third-order valence-electron chi connectivity index (χ3n) is 7.99. The van der Waals surface area contributed by atoms with Gasteiger partial charge in [-0.25, -0.2) is 0 Å². The summed E-state index contributed by atoms with van der Waals surface area (Å²) in [5, 5.41) is 14.5. The van der Waals surface area contributed by atoms with E-state index in [2.05, 4.69) is 34.5 Å². The zero-order chi connectivity index (χ0) is 22.7. The zero-order valence-corrected chi connectivity index (χ0v) is 19.3. The second-order valence-electron chi connectivity index (χ2n) is 9.95. The molecule has 3 heterocycles. The number of rotatable bonds is 5. The third-order valence-corrected chi connectivity index (χ3v) is 7.99. The molecule has 174 valence electrons. The van der Waals surface area contributed by atoms with Gasteiger partial charge in [0.15, 0.2) is 0 Å². The number of carbonyl (C=O) groups is 1. The molecule has 2 N–H and O–H groups in total. The van der Waals surface area contributed by atoms with E-state index in [1.807, 2.05) is 41.3 Å². The van der Waals surface area contributed by atoms with E-state index >= 15 is 0 Å². The molecule has 1 spiro atoms. The second kappa shape index (κ2) is 9.70. The molecule has 5 rings (SSSR count). The number of anilines is 1. The second-order valence-corrected chi connectivity index (χ2v) is 9.95. The summed E-state index contributed by atoms with van der Waals surface area (Å²) in [6, 6.07) is 18.6. The maximum absolute atomic E-state index is 12.5. The molecule has 2 aromatic carbocycles. The van der Waals surface area contributed by atoms with Crippen molar-refractivity contribution in [2.75, 3.05) is 44.6 Å². The van der Waals surface area contributed by atoms with Crippen LogP contribution in [0.4, 0.5) is 5.69 Å². The maximum atomic E-state index is 12.5. The summed E-state index contributed by atoms with van der Waals surface area (Å²) in [4.78, 5) is 16.9. The van der Waals surface area contributed by atoms with Gasteiger partial charge in [-0.1, -0.05) is 48.5 Å². The number of amides is 1. The van der Waals surface area contributed by atoms with Crippen molar-refractivity contribution in [3.63, 3.8) is 0 Å². The number of β-amino-alcohol motifs (C(OH)–C–C–N with tert-alkyl or cyclic N) is 1. The van der Waals surface area contributed by atoms with Crippen molar-refractivity contribution in [1.29, 1.82) is 0 Å². The summed E-state index contributed by atoms with van der Waals surface area (Å²) in [6.45, 7) is 5.31. The highest BCUT2D eigenvalue weighted by Gasteiger charge is 2.41. The van der Waals surface area contributed by atoms with Gasteiger partial charge in [0.25, 0.3) is 0 Å². The molecule has 0 aliphatic carbocycles. The molecule has 0 saturated carbocycles. The van der Waals surface area contributed by atoms with Crippen molar-refractivity contribution < 1.29 is 9.90 Å². The Balaban J connectivity index is 1.07. The normalized spacial score (nSPS) is 21.8. The molecular formula is C28H35N3O2. The summed E-state index contributed by atoms with van der Waals surface area (Å²) in [5.74, 6) is 0.343. The van der Waals surface area contributed by atoms with E-state index in [0.29, 0.717) is 0 Å². The number of nitrogens with zero attached hydrogens (tertiary/aromatic N) is 2. The minimum atomic E-state index is -0.315. The van der Waals surface area contributed by atoms with Crippen molar-refractivity contribution in [3.8, 4) is 0 Å². The average Bonchev–Trinajstić information content (AvgIpc) is 3.23. The fourth-order valence-corrected chi connectivity index (χ4v) is 5.82. The summed E-state index contributed by atoms with van der Waals surface area (Å²) < 4.78 is 0. The molecule has 1 atom stereocenters. The molecule has 2 aromatic rings. The fourth-order valence-electron chi connectivity index (χ4n) is 5.82. The monoisotopic (exact) mass is 445 g/mol. The predicted octanol–water partition coefficient (Wildman–Crippen LogP) is 3.76. The number of hydrogen-bond acceptors (Lipinski definition) is 4. The minimum absolute atomic E-state index is 0.0681. The van der Waals surface area contributed by atoms with Crippen LogP contribution in [-0.2, 0) is 10.2 Å². The van der Waals surface area contributed by atoms with Gasteiger partial charge in [0.05, 0.1) is 6.10 Å². The van der Waals surface area contributed by atoms with Crippen LogP contribution >= 0.6 is 0 Å². The summed E-state index contributed by atoms with van der Waals surface area (Å²) in [7, 11) is 0. The molecule has 3 aliphatic heterocycles. The Kier molecular flexibility index (Phi) is 6.52. The lowest BCUT2D eigenvalue weighted by atomic mass is 9.74. The van der Waals surface area contributed by atoms with Gasteiger partial charge in [-0.05, 0) is 68.0 Å².